The summed E-state index contributed by atoms with van der Waals surface area (Å²) in [5.74, 6) is 0.0592. The highest BCUT2D eigenvalue weighted by atomic mass is 33.1. The van der Waals surface area contributed by atoms with Gasteiger partial charge in [0.1, 0.15) is 0 Å². The van der Waals surface area contributed by atoms with E-state index in [4.69, 9.17) is 5.73 Å². The molecule has 0 fully saturated rings. The number of aryl methyl sites for hydroxylation is 1. The number of carbonyl (C=O) groups is 1. The minimum atomic E-state index is -0.290. The number of thiol groups is 2. The fraction of sp³-hybridized carbons (Fsp3) is 0.556. The van der Waals surface area contributed by atoms with Crippen molar-refractivity contribution < 1.29 is 9.90 Å². The number of nitrogens with zero attached hydrogens (tertiary/aromatic N) is 2. The van der Waals surface area contributed by atoms with Gasteiger partial charge < -0.3 is 21.2 Å². The van der Waals surface area contributed by atoms with Gasteiger partial charge in [0, 0.05) is 18.7 Å². The number of nitrogens with two attached hydrogens (primary N) is 1. The van der Waals surface area contributed by atoms with Crippen molar-refractivity contribution >= 4 is 40.6 Å². The minimum Gasteiger partial charge on any atom is -0.393 e. The first-order valence-electron chi connectivity index (χ1n) is 8.98. The minimum absolute atomic E-state index is 0.0592. The second-order valence-corrected chi connectivity index (χ2v) is 6.47. The van der Waals surface area contributed by atoms with Gasteiger partial charge in [-0.25, -0.2) is 0 Å². The quantitative estimate of drug-likeness (QED) is 0.298. The summed E-state index contributed by atoms with van der Waals surface area (Å²) in [6.45, 7) is 3.89. The normalized spacial score (nSPS) is 20.2. The molecule has 0 aromatic heterocycles. The summed E-state index contributed by atoms with van der Waals surface area (Å²) in [7, 11) is 0. The van der Waals surface area contributed by atoms with Crippen molar-refractivity contribution in [2.24, 2.45) is 10.8 Å². The van der Waals surface area contributed by atoms with Crippen LogP contribution in [0.4, 0.5) is 5.69 Å². The van der Waals surface area contributed by atoms with E-state index in [9.17, 15) is 9.90 Å². The van der Waals surface area contributed by atoms with Crippen LogP contribution in [0.5, 0.6) is 0 Å². The summed E-state index contributed by atoms with van der Waals surface area (Å²) in [4.78, 5) is 14.4. The molecule has 1 atom stereocenters. The van der Waals surface area contributed by atoms with Gasteiger partial charge in [-0.2, -0.15) is 5.10 Å². The number of fused-ring (bicyclic) bond motifs is 2. The molecule has 1 aromatic rings. The molecule has 1 amide bonds. The zero-order valence-electron chi connectivity index (χ0n) is 15.1. The molecule has 26 heavy (non-hydrogen) atoms. The molecule has 6 nitrogen and oxygen atoms in total. The molecule has 8 heteroatoms. The lowest BCUT2D eigenvalue weighted by molar-refractivity contribution is -0.117. The van der Waals surface area contributed by atoms with Gasteiger partial charge in [-0.15, -0.1) is 23.3 Å². The van der Waals surface area contributed by atoms with E-state index in [1.165, 1.54) is 5.56 Å². The van der Waals surface area contributed by atoms with Crippen molar-refractivity contribution in [2.45, 2.75) is 45.1 Å². The smallest absolute Gasteiger partial charge is 0.233 e. The number of nitrogens with one attached hydrogen (secondary N) is 1. The lowest BCUT2D eigenvalue weighted by Crippen LogP contribution is -2.40. The number of anilines is 1. The first kappa shape index (κ1) is 21.1. The van der Waals surface area contributed by atoms with E-state index < -0.39 is 0 Å². The van der Waals surface area contributed by atoms with E-state index >= 15 is 0 Å². The number of hydrogen-bond acceptors (Lipinski definition) is 7. The summed E-state index contributed by atoms with van der Waals surface area (Å²) in [6, 6.07) is 4.23. The molecule has 0 bridgehead atoms. The van der Waals surface area contributed by atoms with Crippen LogP contribution in [0.1, 0.15) is 42.9 Å². The maximum absolute atomic E-state index is 12.6. The number of aliphatic hydroxyl groups is 1. The Bertz CT molecular complexity index is 667. The van der Waals surface area contributed by atoms with Gasteiger partial charge >= 0.3 is 0 Å². The first-order valence-corrected chi connectivity index (χ1v) is 10.6. The maximum atomic E-state index is 12.6. The Morgan fingerprint density at radius 2 is 2.15 bits per heavy atom. The van der Waals surface area contributed by atoms with Crippen LogP contribution in [-0.2, 0) is 17.6 Å². The highest BCUT2D eigenvalue weighted by molar-refractivity contribution is 8.59. The second kappa shape index (κ2) is 10.2. The molecule has 0 spiro atoms. The molecule has 0 saturated heterocycles. The Morgan fingerprint density at radius 1 is 1.38 bits per heavy atom. The lowest BCUT2D eigenvalue weighted by Gasteiger charge is -2.33. The van der Waals surface area contributed by atoms with E-state index in [0.717, 1.165) is 48.3 Å². The van der Waals surface area contributed by atoms with Gasteiger partial charge in [0.2, 0.25) is 5.91 Å². The zero-order valence-corrected chi connectivity index (χ0v) is 16.9. The van der Waals surface area contributed by atoms with Crippen LogP contribution < -0.4 is 16.1 Å². The summed E-state index contributed by atoms with van der Waals surface area (Å²) < 4.78 is 0. The lowest BCUT2D eigenvalue weighted by atomic mass is 9.85. The zero-order chi connectivity index (χ0) is 19.1. The van der Waals surface area contributed by atoms with E-state index in [0.29, 0.717) is 25.9 Å². The first-order chi connectivity index (χ1) is 12.6. The van der Waals surface area contributed by atoms with Crippen molar-refractivity contribution in [3.8, 4) is 0 Å². The molecular weight excluding hydrogens is 368 g/mol. The number of benzene rings is 1. The third-order valence-electron chi connectivity index (χ3n) is 4.70. The second-order valence-electron chi connectivity index (χ2n) is 6.47. The van der Waals surface area contributed by atoms with E-state index in [1.54, 1.807) is 0 Å². The Balaban J connectivity index is 0.00000117. The largest absolute Gasteiger partial charge is 0.393 e. The van der Waals surface area contributed by atoms with Crippen LogP contribution in [0.15, 0.2) is 17.2 Å². The number of rotatable bonds is 5. The number of hydrazone groups is 1. The van der Waals surface area contributed by atoms with Crippen molar-refractivity contribution in [1.29, 1.82) is 0 Å². The highest BCUT2D eigenvalue weighted by Crippen LogP contribution is 2.34. The fourth-order valence-electron chi connectivity index (χ4n) is 3.47. The monoisotopic (exact) mass is 396 g/mol. The fourth-order valence-corrected chi connectivity index (χ4v) is 3.47. The number of aliphatic hydroxyl groups excluding tert-OH is 1. The third-order valence-corrected chi connectivity index (χ3v) is 4.70. The molecule has 1 unspecified atom stereocenters. The molecule has 3 rings (SSSR count). The van der Waals surface area contributed by atoms with Gasteiger partial charge in [0.05, 0.1) is 23.9 Å². The molecule has 1 aliphatic carbocycles. The highest BCUT2D eigenvalue weighted by Gasteiger charge is 2.30. The molecule has 1 aromatic carbocycles. The molecule has 1 aliphatic heterocycles. The summed E-state index contributed by atoms with van der Waals surface area (Å²) in [5, 5.41) is 14.4. The number of hydrogen-bond donors (Lipinski definition) is 5. The topological polar surface area (TPSA) is 91.0 Å². The predicted octanol–water partition coefficient (Wildman–Crippen LogP) is 1.70. The van der Waals surface area contributed by atoms with Crippen LogP contribution in [0.3, 0.4) is 0 Å². The standard InChI is InChI=1S/C18H26N4O2.H2S2/c1-2-20-21-16-11-18(24)22(7-3-6-19)17-10-13-8-14(23)5-4-12(13)9-15(16)17;1-2/h9-10,14,20,23H,2-8,11,19H2,1H3;1-2H/b21-16+;. The van der Waals surface area contributed by atoms with Crippen LogP contribution >= 0.6 is 23.3 Å². The average Bonchev–Trinajstić information content (AvgIpc) is 2.66. The van der Waals surface area contributed by atoms with Crippen molar-refractivity contribution in [3.63, 3.8) is 0 Å². The summed E-state index contributed by atoms with van der Waals surface area (Å²) in [6.07, 6.45) is 3.11. The number of amides is 1. The van der Waals surface area contributed by atoms with Gasteiger partial charge in [0.25, 0.3) is 0 Å². The molecule has 4 N–H and O–H groups in total. The van der Waals surface area contributed by atoms with Crippen molar-refractivity contribution in [3.05, 3.63) is 28.8 Å². The molecule has 144 valence electrons. The van der Waals surface area contributed by atoms with Gasteiger partial charge in [-0.05, 0) is 62.4 Å². The average molecular weight is 397 g/mol. The summed E-state index contributed by atoms with van der Waals surface area (Å²) >= 11 is 6.44. The van der Waals surface area contributed by atoms with E-state index in [2.05, 4.69) is 46.0 Å². The number of carbonyl (C=O) groups excluding carboxylic acids is 1. The van der Waals surface area contributed by atoms with Gasteiger partial charge in [0.15, 0.2) is 0 Å². The molecule has 0 saturated carbocycles. The third kappa shape index (κ3) is 4.73. The van der Waals surface area contributed by atoms with Crippen LogP contribution in [0.25, 0.3) is 0 Å². The van der Waals surface area contributed by atoms with Crippen LogP contribution in [0, 0.1) is 0 Å². The van der Waals surface area contributed by atoms with Gasteiger partial charge in [-0.3, -0.25) is 4.79 Å². The Labute approximate surface area is 165 Å². The SMILES string of the molecule is CCN/N=C1\CC(=O)N(CCCN)c2cc3c(cc21)CCC(O)C3.SS. The molecule has 0 radical (unpaired) electrons. The van der Waals surface area contributed by atoms with E-state index in [1.807, 2.05) is 11.8 Å². The van der Waals surface area contributed by atoms with Gasteiger partial charge in [-0.1, -0.05) is 0 Å². The molecule has 1 heterocycles. The van der Waals surface area contributed by atoms with Crippen LogP contribution in [0.2, 0.25) is 0 Å². The van der Waals surface area contributed by atoms with Crippen LogP contribution in [-0.4, -0.2) is 42.5 Å². The Morgan fingerprint density at radius 3 is 2.85 bits per heavy atom. The molecule has 2 aliphatic rings. The van der Waals surface area contributed by atoms with Crippen molar-refractivity contribution in [2.75, 3.05) is 24.5 Å². The maximum Gasteiger partial charge on any atom is 0.233 e. The predicted molar refractivity (Wildman–Crippen MR) is 113 cm³/mol. The Hall–Kier alpha value is -1.22. The summed E-state index contributed by atoms with van der Waals surface area (Å²) in [5.41, 5.74) is 13.7. The Kier molecular flexibility index (Phi) is 8.27. The molecular formula is C18H28N4O2S2. The van der Waals surface area contributed by atoms with Crippen molar-refractivity contribution in [1.82, 2.24) is 5.43 Å². The van der Waals surface area contributed by atoms with E-state index in [-0.39, 0.29) is 12.0 Å².